The molecule has 0 aliphatic rings. The number of nitrogens with zero attached hydrogens (tertiary/aromatic N) is 1. The number of rotatable bonds is 4. The SMILES string of the molecule is CC(C)CCN(C)C(=O)c1cc(Br)ccc1O. The summed E-state index contributed by atoms with van der Waals surface area (Å²) >= 11 is 3.29. The first-order valence-corrected chi connectivity index (χ1v) is 6.45. The molecule has 0 atom stereocenters. The van der Waals surface area contributed by atoms with Gasteiger partial charge in [-0.05, 0) is 30.5 Å². The van der Waals surface area contributed by atoms with E-state index in [0.29, 0.717) is 18.0 Å². The van der Waals surface area contributed by atoms with Crippen molar-refractivity contribution in [2.24, 2.45) is 5.92 Å². The standard InChI is InChI=1S/C13H18BrNO2/c1-9(2)6-7-15(3)13(17)11-8-10(14)4-5-12(11)16/h4-5,8-9,16H,6-7H2,1-3H3. The average Bonchev–Trinajstić information content (AvgIpc) is 2.28. The van der Waals surface area contributed by atoms with Crippen LogP contribution in [-0.4, -0.2) is 29.5 Å². The molecule has 0 fully saturated rings. The summed E-state index contributed by atoms with van der Waals surface area (Å²) in [5, 5.41) is 9.66. The third kappa shape index (κ3) is 4.04. The molecule has 0 aliphatic heterocycles. The van der Waals surface area contributed by atoms with Crippen molar-refractivity contribution in [3.05, 3.63) is 28.2 Å². The van der Waals surface area contributed by atoms with Gasteiger partial charge in [-0.1, -0.05) is 29.8 Å². The van der Waals surface area contributed by atoms with Gasteiger partial charge in [0.1, 0.15) is 5.75 Å². The highest BCUT2D eigenvalue weighted by Gasteiger charge is 2.16. The Bertz CT molecular complexity index is 404. The van der Waals surface area contributed by atoms with Crippen LogP contribution in [0.4, 0.5) is 0 Å². The third-order valence-electron chi connectivity index (χ3n) is 2.58. The van der Waals surface area contributed by atoms with Crippen molar-refractivity contribution >= 4 is 21.8 Å². The molecule has 3 nitrogen and oxygen atoms in total. The molecule has 0 heterocycles. The Morgan fingerprint density at radius 3 is 2.71 bits per heavy atom. The van der Waals surface area contributed by atoms with Crippen LogP contribution in [0.3, 0.4) is 0 Å². The zero-order chi connectivity index (χ0) is 13.0. The van der Waals surface area contributed by atoms with Gasteiger partial charge in [-0.2, -0.15) is 0 Å². The molecule has 0 saturated carbocycles. The van der Waals surface area contributed by atoms with Gasteiger partial charge in [-0.25, -0.2) is 0 Å². The number of hydrogen-bond donors (Lipinski definition) is 1. The van der Waals surface area contributed by atoms with Crippen LogP contribution in [0.5, 0.6) is 5.75 Å². The lowest BCUT2D eigenvalue weighted by Crippen LogP contribution is -2.28. The summed E-state index contributed by atoms with van der Waals surface area (Å²) in [7, 11) is 1.76. The van der Waals surface area contributed by atoms with E-state index in [2.05, 4.69) is 29.8 Å². The van der Waals surface area contributed by atoms with Crippen molar-refractivity contribution in [2.45, 2.75) is 20.3 Å². The fourth-order valence-electron chi connectivity index (χ4n) is 1.44. The monoisotopic (exact) mass is 299 g/mol. The zero-order valence-electron chi connectivity index (χ0n) is 10.4. The highest BCUT2D eigenvalue weighted by molar-refractivity contribution is 9.10. The van der Waals surface area contributed by atoms with Crippen LogP contribution in [0.1, 0.15) is 30.6 Å². The number of carbonyl (C=O) groups excluding carboxylic acids is 1. The van der Waals surface area contributed by atoms with E-state index in [1.807, 2.05) is 0 Å². The minimum absolute atomic E-state index is 0.0228. The van der Waals surface area contributed by atoms with Gasteiger partial charge in [0.15, 0.2) is 0 Å². The molecular formula is C13H18BrNO2. The molecule has 0 unspecified atom stereocenters. The molecule has 0 aromatic heterocycles. The van der Waals surface area contributed by atoms with Crippen LogP contribution < -0.4 is 0 Å². The van der Waals surface area contributed by atoms with Crippen LogP contribution in [0.2, 0.25) is 0 Å². The Kier molecular flexibility index (Phi) is 5.00. The van der Waals surface area contributed by atoms with Crippen molar-refractivity contribution in [2.75, 3.05) is 13.6 Å². The minimum Gasteiger partial charge on any atom is -0.507 e. The predicted molar refractivity (Wildman–Crippen MR) is 72.2 cm³/mol. The van der Waals surface area contributed by atoms with Gasteiger partial charge in [-0.3, -0.25) is 4.79 Å². The first kappa shape index (κ1) is 14.0. The molecule has 94 valence electrons. The summed E-state index contributed by atoms with van der Waals surface area (Å²) in [5.74, 6) is 0.431. The van der Waals surface area contributed by atoms with Gasteiger partial charge in [0.05, 0.1) is 5.56 Å². The lowest BCUT2D eigenvalue weighted by Gasteiger charge is -2.19. The Hall–Kier alpha value is -1.03. The Labute approximate surface area is 111 Å². The van der Waals surface area contributed by atoms with Crippen molar-refractivity contribution in [1.29, 1.82) is 0 Å². The van der Waals surface area contributed by atoms with E-state index in [1.165, 1.54) is 6.07 Å². The maximum Gasteiger partial charge on any atom is 0.257 e. The number of amides is 1. The van der Waals surface area contributed by atoms with E-state index in [0.717, 1.165) is 10.9 Å². The van der Waals surface area contributed by atoms with E-state index >= 15 is 0 Å². The van der Waals surface area contributed by atoms with E-state index in [9.17, 15) is 9.90 Å². The molecule has 0 aliphatic carbocycles. The number of benzene rings is 1. The second-order valence-corrected chi connectivity index (χ2v) is 5.49. The maximum absolute atomic E-state index is 12.1. The number of halogens is 1. The molecule has 1 rings (SSSR count). The smallest absolute Gasteiger partial charge is 0.257 e. The lowest BCUT2D eigenvalue weighted by molar-refractivity contribution is 0.0786. The number of carbonyl (C=O) groups is 1. The first-order chi connectivity index (χ1) is 7.91. The number of phenolic OH excluding ortho intramolecular Hbond substituents is 1. The number of aromatic hydroxyl groups is 1. The maximum atomic E-state index is 12.1. The van der Waals surface area contributed by atoms with E-state index < -0.39 is 0 Å². The summed E-state index contributed by atoms with van der Waals surface area (Å²) in [4.78, 5) is 13.7. The van der Waals surface area contributed by atoms with E-state index in [1.54, 1.807) is 24.1 Å². The van der Waals surface area contributed by atoms with E-state index in [-0.39, 0.29) is 11.7 Å². The summed E-state index contributed by atoms with van der Waals surface area (Å²) in [6, 6.07) is 4.87. The van der Waals surface area contributed by atoms with Crippen molar-refractivity contribution in [1.82, 2.24) is 4.90 Å². The molecule has 0 saturated heterocycles. The molecule has 1 amide bonds. The third-order valence-corrected chi connectivity index (χ3v) is 3.07. The van der Waals surface area contributed by atoms with Gasteiger partial charge in [-0.15, -0.1) is 0 Å². The molecule has 1 N–H and O–H groups in total. The average molecular weight is 300 g/mol. The van der Waals surface area contributed by atoms with Crippen molar-refractivity contribution < 1.29 is 9.90 Å². The molecule has 1 aromatic rings. The fourth-order valence-corrected chi connectivity index (χ4v) is 1.80. The minimum atomic E-state index is -0.149. The van der Waals surface area contributed by atoms with Gasteiger partial charge >= 0.3 is 0 Å². The molecule has 0 radical (unpaired) electrons. The normalized spacial score (nSPS) is 10.6. The highest BCUT2D eigenvalue weighted by Crippen LogP contribution is 2.23. The van der Waals surface area contributed by atoms with Crippen LogP contribution in [0.15, 0.2) is 22.7 Å². The zero-order valence-corrected chi connectivity index (χ0v) is 12.0. The molecule has 0 spiro atoms. The summed E-state index contributed by atoms with van der Waals surface area (Å²) in [6.07, 6.45) is 0.955. The Morgan fingerprint density at radius 1 is 1.47 bits per heavy atom. The van der Waals surface area contributed by atoms with Crippen LogP contribution in [-0.2, 0) is 0 Å². The van der Waals surface area contributed by atoms with Crippen LogP contribution in [0.25, 0.3) is 0 Å². The van der Waals surface area contributed by atoms with Crippen LogP contribution >= 0.6 is 15.9 Å². The first-order valence-electron chi connectivity index (χ1n) is 5.65. The predicted octanol–water partition coefficient (Wildman–Crippen LogP) is 3.27. The largest absolute Gasteiger partial charge is 0.507 e. The highest BCUT2D eigenvalue weighted by atomic mass is 79.9. The summed E-state index contributed by atoms with van der Waals surface area (Å²) in [6.45, 7) is 4.94. The molecule has 0 bridgehead atoms. The van der Waals surface area contributed by atoms with Crippen LogP contribution in [0, 0.1) is 5.92 Å². The molecular weight excluding hydrogens is 282 g/mol. The fraction of sp³-hybridized carbons (Fsp3) is 0.462. The number of phenols is 1. The number of hydrogen-bond acceptors (Lipinski definition) is 2. The van der Waals surface area contributed by atoms with Gasteiger partial charge < -0.3 is 10.0 Å². The van der Waals surface area contributed by atoms with E-state index in [4.69, 9.17) is 0 Å². The quantitative estimate of drug-likeness (QED) is 0.927. The Morgan fingerprint density at radius 2 is 2.12 bits per heavy atom. The van der Waals surface area contributed by atoms with Gasteiger partial charge in [0.25, 0.3) is 5.91 Å². The molecule has 4 heteroatoms. The topological polar surface area (TPSA) is 40.5 Å². The molecule has 1 aromatic carbocycles. The lowest BCUT2D eigenvalue weighted by atomic mass is 10.1. The van der Waals surface area contributed by atoms with Crippen molar-refractivity contribution in [3.63, 3.8) is 0 Å². The van der Waals surface area contributed by atoms with Crippen molar-refractivity contribution in [3.8, 4) is 5.75 Å². The Balaban J connectivity index is 2.78. The second-order valence-electron chi connectivity index (χ2n) is 4.57. The van der Waals surface area contributed by atoms with Gasteiger partial charge in [0.2, 0.25) is 0 Å². The second kappa shape index (κ2) is 6.05. The summed E-state index contributed by atoms with van der Waals surface area (Å²) < 4.78 is 0.788. The summed E-state index contributed by atoms with van der Waals surface area (Å²) in [5.41, 5.74) is 0.339. The van der Waals surface area contributed by atoms with Gasteiger partial charge in [0, 0.05) is 18.1 Å². The molecule has 17 heavy (non-hydrogen) atoms.